The number of halogens is 1. The minimum atomic E-state index is -0.348. The van der Waals surface area contributed by atoms with E-state index in [9.17, 15) is 9.90 Å². The summed E-state index contributed by atoms with van der Waals surface area (Å²) in [5, 5.41) is 16.1. The van der Waals surface area contributed by atoms with Gasteiger partial charge in [0.1, 0.15) is 0 Å². The van der Waals surface area contributed by atoms with Crippen LogP contribution in [0, 0.1) is 12.8 Å². The van der Waals surface area contributed by atoms with Crippen molar-refractivity contribution in [3.8, 4) is 0 Å². The number of benzene rings is 1. The number of aryl methyl sites for hydroxylation is 1. The number of β-amino-alcohol motifs (C(OH)–C–C–N with tert-alkyl or cyclic N) is 1. The number of hydrogen-bond donors (Lipinski definition) is 3. The predicted octanol–water partition coefficient (Wildman–Crippen LogP) is 2.52. The largest absolute Gasteiger partial charge is 0.391 e. The Hall–Kier alpha value is -0.750. The molecule has 4 nitrogen and oxygen atoms in total. The van der Waals surface area contributed by atoms with Crippen LogP contribution in [0.4, 0.5) is 0 Å². The second-order valence-electron chi connectivity index (χ2n) is 6.81. The third-order valence-electron chi connectivity index (χ3n) is 4.99. The van der Waals surface area contributed by atoms with Gasteiger partial charge >= 0.3 is 0 Å². The number of aliphatic hydroxyl groups is 1. The molecule has 3 N–H and O–H groups in total. The van der Waals surface area contributed by atoms with E-state index < -0.39 is 0 Å². The van der Waals surface area contributed by atoms with Crippen LogP contribution in [0.5, 0.6) is 0 Å². The number of amides is 1. The van der Waals surface area contributed by atoms with Gasteiger partial charge in [-0.25, -0.2) is 0 Å². The predicted molar refractivity (Wildman–Crippen MR) is 101 cm³/mol. The van der Waals surface area contributed by atoms with E-state index in [0.717, 1.165) is 37.1 Å². The fraction of sp³-hybridized carbons (Fsp3) is 0.611. The lowest BCUT2D eigenvalue weighted by molar-refractivity contribution is -0.123. The van der Waals surface area contributed by atoms with Crippen LogP contribution in [0.1, 0.15) is 31.2 Å². The molecule has 0 bridgehead atoms. The maximum absolute atomic E-state index is 12.9. The second-order valence-corrected chi connectivity index (χ2v) is 8.27. The highest BCUT2D eigenvalue weighted by Gasteiger charge is 2.42. The molecular weight excluding hydrogens is 344 g/mol. The summed E-state index contributed by atoms with van der Waals surface area (Å²) < 4.78 is -0.341. The Morgan fingerprint density at radius 3 is 2.54 bits per heavy atom. The first-order chi connectivity index (χ1) is 11.1. The van der Waals surface area contributed by atoms with Crippen LogP contribution in [0.15, 0.2) is 29.2 Å². The average molecular weight is 371 g/mol. The van der Waals surface area contributed by atoms with Gasteiger partial charge < -0.3 is 15.7 Å². The highest BCUT2D eigenvalue weighted by Crippen LogP contribution is 2.45. The number of aliphatic hydroxyl groups excluding tert-OH is 1. The van der Waals surface area contributed by atoms with Gasteiger partial charge in [-0.3, -0.25) is 4.79 Å². The van der Waals surface area contributed by atoms with Gasteiger partial charge in [0.2, 0.25) is 5.91 Å². The van der Waals surface area contributed by atoms with Crippen molar-refractivity contribution in [2.24, 2.45) is 5.92 Å². The molecule has 2 atom stereocenters. The van der Waals surface area contributed by atoms with E-state index in [1.165, 1.54) is 5.56 Å². The molecule has 3 rings (SSSR count). The maximum atomic E-state index is 12.9. The lowest BCUT2D eigenvalue weighted by atomic mass is 10.0. The van der Waals surface area contributed by atoms with Crippen molar-refractivity contribution in [1.82, 2.24) is 10.6 Å². The van der Waals surface area contributed by atoms with E-state index in [2.05, 4.69) is 41.8 Å². The Morgan fingerprint density at radius 2 is 1.96 bits per heavy atom. The molecule has 1 aliphatic heterocycles. The van der Waals surface area contributed by atoms with Crippen molar-refractivity contribution >= 4 is 30.1 Å². The van der Waals surface area contributed by atoms with E-state index in [1.54, 1.807) is 11.8 Å². The Bertz CT molecular complexity index is 546. The van der Waals surface area contributed by atoms with Crippen LogP contribution in [0.3, 0.4) is 0 Å². The summed E-state index contributed by atoms with van der Waals surface area (Å²) in [6, 6.07) is 8.42. The second kappa shape index (κ2) is 8.56. The van der Waals surface area contributed by atoms with Gasteiger partial charge in [-0.2, -0.15) is 0 Å². The molecule has 2 aliphatic rings. The number of carbonyl (C=O) groups is 1. The van der Waals surface area contributed by atoms with Gasteiger partial charge in [-0.15, -0.1) is 24.2 Å². The number of thioether (sulfide) groups is 1. The lowest BCUT2D eigenvalue weighted by Gasteiger charge is -2.28. The molecule has 2 unspecified atom stereocenters. The minimum Gasteiger partial charge on any atom is -0.391 e. The molecule has 1 aliphatic carbocycles. The summed E-state index contributed by atoms with van der Waals surface area (Å²) in [6.45, 7) is 4.04. The van der Waals surface area contributed by atoms with Gasteiger partial charge in [0.25, 0.3) is 0 Å². The molecule has 24 heavy (non-hydrogen) atoms. The van der Waals surface area contributed by atoms with Crippen LogP contribution < -0.4 is 10.6 Å². The first kappa shape index (κ1) is 19.6. The van der Waals surface area contributed by atoms with Crippen molar-refractivity contribution in [1.29, 1.82) is 0 Å². The molecule has 2 fully saturated rings. The molecular formula is C18H27ClN2O2S. The Balaban J connectivity index is 0.00000208. The van der Waals surface area contributed by atoms with Crippen molar-refractivity contribution < 1.29 is 9.90 Å². The number of hydrogen-bond acceptors (Lipinski definition) is 4. The zero-order chi connectivity index (χ0) is 16.3. The smallest absolute Gasteiger partial charge is 0.236 e. The summed E-state index contributed by atoms with van der Waals surface area (Å²) >= 11 is 1.71. The third-order valence-corrected chi connectivity index (χ3v) is 6.48. The van der Waals surface area contributed by atoms with E-state index >= 15 is 0 Å². The topological polar surface area (TPSA) is 61.4 Å². The van der Waals surface area contributed by atoms with E-state index in [1.807, 2.05) is 0 Å². The highest BCUT2D eigenvalue weighted by atomic mass is 35.5. The van der Waals surface area contributed by atoms with Crippen molar-refractivity contribution in [2.45, 2.75) is 48.4 Å². The normalized spacial score (nSPS) is 25.2. The van der Waals surface area contributed by atoms with Crippen LogP contribution in [-0.2, 0) is 4.79 Å². The summed E-state index contributed by atoms with van der Waals surface area (Å²) in [5.41, 5.74) is 1.24. The molecule has 1 aromatic rings. The molecule has 1 saturated heterocycles. The van der Waals surface area contributed by atoms with Gasteiger partial charge in [-0.05, 0) is 31.9 Å². The van der Waals surface area contributed by atoms with Gasteiger partial charge in [0.05, 0.1) is 10.9 Å². The minimum absolute atomic E-state index is 0. The Labute approximate surface area is 154 Å². The Kier molecular flexibility index (Phi) is 6.99. The molecule has 134 valence electrons. The van der Waals surface area contributed by atoms with Crippen molar-refractivity contribution in [3.63, 3.8) is 0 Å². The third kappa shape index (κ3) is 4.45. The van der Waals surface area contributed by atoms with Gasteiger partial charge in [0.15, 0.2) is 0 Å². The average Bonchev–Trinajstić information content (AvgIpc) is 3.17. The summed E-state index contributed by atoms with van der Waals surface area (Å²) in [5.74, 6) is 0.265. The van der Waals surface area contributed by atoms with Crippen molar-refractivity contribution in [2.75, 3.05) is 19.6 Å². The summed E-state index contributed by atoms with van der Waals surface area (Å²) in [6.07, 6.45) is 3.74. The summed E-state index contributed by atoms with van der Waals surface area (Å²) in [4.78, 5) is 14.0. The Morgan fingerprint density at radius 1 is 1.29 bits per heavy atom. The monoisotopic (exact) mass is 370 g/mol. The molecule has 6 heteroatoms. The van der Waals surface area contributed by atoms with Crippen LogP contribution in [0.25, 0.3) is 0 Å². The SMILES string of the molecule is Cc1ccc(SC2(C(=O)NCC3CNCC3O)CCCC2)cc1.Cl. The van der Waals surface area contributed by atoms with E-state index in [-0.39, 0.29) is 35.1 Å². The number of rotatable bonds is 5. The molecule has 1 heterocycles. The standard InChI is InChI=1S/C18H26N2O2S.ClH/c1-13-4-6-15(7-5-13)23-18(8-2-3-9-18)17(22)20-11-14-10-19-12-16(14)21;/h4-7,14,16,19,21H,2-3,8-12H2,1H3,(H,20,22);1H. The van der Waals surface area contributed by atoms with Crippen LogP contribution >= 0.6 is 24.2 Å². The zero-order valence-electron chi connectivity index (χ0n) is 14.1. The first-order valence-electron chi connectivity index (χ1n) is 8.52. The zero-order valence-corrected chi connectivity index (χ0v) is 15.7. The lowest BCUT2D eigenvalue weighted by Crippen LogP contribution is -2.45. The first-order valence-corrected chi connectivity index (χ1v) is 9.33. The van der Waals surface area contributed by atoms with Crippen LogP contribution in [-0.4, -0.2) is 41.5 Å². The van der Waals surface area contributed by atoms with E-state index in [4.69, 9.17) is 0 Å². The van der Waals surface area contributed by atoms with Gasteiger partial charge in [0, 0.05) is 30.4 Å². The van der Waals surface area contributed by atoms with Crippen molar-refractivity contribution in [3.05, 3.63) is 29.8 Å². The molecule has 1 saturated carbocycles. The molecule has 1 aromatic carbocycles. The molecule has 0 radical (unpaired) electrons. The fourth-order valence-electron chi connectivity index (χ4n) is 3.47. The number of nitrogens with one attached hydrogen (secondary N) is 2. The summed E-state index contributed by atoms with van der Waals surface area (Å²) in [7, 11) is 0. The fourth-order valence-corrected chi connectivity index (χ4v) is 4.85. The van der Waals surface area contributed by atoms with Crippen LogP contribution in [0.2, 0.25) is 0 Å². The van der Waals surface area contributed by atoms with E-state index in [0.29, 0.717) is 13.1 Å². The maximum Gasteiger partial charge on any atom is 0.236 e. The van der Waals surface area contributed by atoms with Gasteiger partial charge in [-0.1, -0.05) is 30.5 Å². The molecule has 1 amide bonds. The quantitative estimate of drug-likeness (QED) is 0.745. The molecule has 0 aromatic heterocycles. The molecule has 0 spiro atoms. The highest BCUT2D eigenvalue weighted by molar-refractivity contribution is 8.01. The number of carbonyl (C=O) groups excluding carboxylic acids is 1.